The molecule has 5 heteroatoms. The first-order chi connectivity index (χ1) is 8.77. The van der Waals surface area contributed by atoms with E-state index in [-0.39, 0.29) is 18.5 Å². The van der Waals surface area contributed by atoms with Crippen LogP contribution in [-0.2, 0) is 16.1 Å². The average molecular weight is 255 g/mol. The van der Waals surface area contributed by atoms with Gasteiger partial charge < -0.3 is 19.5 Å². The van der Waals surface area contributed by atoms with Crippen molar-refractivity contribution >= 4 is 0 Å². The fourth-order valence-electron chi connectivity index (χ4n) is 2.16. The van der Waals surface area contributed by atoms with Crippen molar-refractivity contribution in [3.05, 3.63) is 29.1 Å². The van der Waals surface area contributed by atoms with E-state index in [0.717, 1.165) is 12.1 Å². The Kier molecular flexibility index (Phi) is 4.52. The molecule has 1 heterocycles. The fraction of sp³-hybridized carbons (Fsp3) is 0.538. The topological polar surface area (TPSA) is 39.7 Å². The first-order valence-corrected chi connectivity index (χ1v) is 5.94. The van der Waals surface area contributed by atoms with Crippen molar-refractivity contribution in [1.82, 2.24) is 5.32 Å². The zero-order chi connectivity index (χ0) is 13.0. The van der Waals surface area contributed by atoms with E-state index in [0.29, 0.717) is 24.5 Å². The summed E-state index contributed by atoms with van der Waals surface area (Å²) in [6.07, 6.45) is -0.107. The average Bonchev–Trinajstić information content (AvgIpc) is 2.42. The minimum atomic E-state index is -0.318. The lowest BCUT2D eigenvalue weighted by molar-refractivity contribution is 0.0259. The Morgan fingerprint density at radius 1 is 1.44 bits per heavy atom. The van der Waals surface area contributed by atoms with Gasteiger partial charge in [-0.05, 0) is 12.1 Å². The van der Waals surface area contributed by atoms with E-state index in [4.69, 9.17) is 14.2 Å². The number of methoxy groups -OCH3 is 2. The van der Waals surface area contributed by atoms with Gasteiger partial charge in [-0.15, -0.1) is 0 Å². The monoisotopic (exact) mass is 255 g/mol. The van der Waals surface area contributed by atoms with Crippen LogP contribution in [-0.4, -0.2) is 33.9 Å². The maximum Gasteiger partial charge on any atom is 0.133 e. The summed E-state index contributed by atoms with van der Waals surface area (Å²) in [6.45, 7) is 2.37. The van der Waals surface area contributed by atoms with Crippen LogP contribution in [0.3, 0.4) is 0 Å². The van der Waals surface area contributed by atoms with Crippen molar-refractivity contribution in [3.8, 4) is 5.75 Å². The molecule has 0 spiro atoms. The highest BCUT2D eigenvalue weighted by molar-refractivity contribution is 5.44. The molecular formula is C13H18FNO3. The lowest BCUT2D eigenvalue weighted by atomic mass is 10.0. The van der Waals surface area contributed by atoms with Crippen molar-refractivity contribution in [2.75, 3.05) is 33.9 Å². The number of halogens is 1. The molecule has 1 atom stereocenters. The van der Waals surface area contributed by atoms with E-state index < -0.39 is 0 Å². The summed E-state index contributed by atoms with van der Waals surface area (Å²) in [6, 6.07) is 3.15. The highest BCUT2D eigenvalue weighted by Gasteiger charge is 2.23. The van der Waals surface area contributed by atoms with Crippen LogP contribution in [0.1, 0.15) is 17.2 Å². The van der Waals surface area contributed by atoms with E-state index in [9.17, 15) is 4.39 Å². The van der Waals surface area contributed by atoms with Crippen LogP contribution in [0.15, 0.2) is 12.1 Å². The molecule has 0 bridgehead atoms. The molecule has 0 aliphatic carbocycles. The molecule has 0 radical (unpaired) electrons. The maximum atomic E-state index is 13.8. The van der Waals surface area contributed by atoms with Gasteiger partial charge in [0.2, 0.25) is 0 Å². The molecule has 0 amide bonds. The standard InChI is InChI=1S/C13H18FNO3/c1-16-8-10-11(14)4-3-9(13(10)17-2)12-7-15-5-6-18-12/h3-4,12,15H,5-8H2,1-2H3. The summed E-state index contributed by atoms with van der Waals surface area (Å²) in [7, 11) is 3.07. The Morgan fingerprint density at radius 2 is 2.28 bits per heavy atom. The van der Waals surface area contributed by atoms with E-state index >= 15 is 0 Å². The minimum Gasteiger partial charge on any atom is -0.496 e. The zero-order valence-corrected chi connectivity index (χ0v) is 10.7. The van der Waals surface area contributed by atoms with Gasteiger partial charge in [-0.1, -0.05) is 0 Å². The summed E-state index contributed by atoms with van der Waals surface area (Å²) in [5.74, 6) is 0.201. The molecular weight excluding hydrogens is 237 g/mol. The number of rotatable bonds is 4. The number of nitrogens with one attached hydrogen (secondary N) is 1. The van der Waals surface area contributed by atoms with Gasteiger partial charge >= 0.3 is 0 Å². The Labute approximate surface area is 106 Å². The van der Waals surface area contributed by atoms with E-state index in [2.05, 4.69) is 5.32 Å². The van der Waals surface area contributed by atoms with Gasteiger partial charge in [-0.3, -0.25) is 0 Å². The highest BCUT2D eigenvalue weighted by Crippen LogP contribution is 2.33. The van der Waals surface area contributed by atoms with Gasteiger partial charge in [0, 0.05) is 25.8 Å². The number of benzene rings is 1. The Bertz CT molecular complexity index is 405. The van der Waals surface area contributed by atoms with Gasteiger partial charge in [0.25, 0.3) is 0 Å². The lowest BCUT2D eigenvalue weighted by Gasteiger charge is -2.26. The second kappa shape index (κ2) is 6.13. The van der Waals surface area contributed by atoms with Crippen molar-refractivity contribution in [2.24, 2.45) is 0 Å². The normalized spacial score (nSPS) is 19.8. The molecule has 1 aliphatic rings. The SMILES string of the molecule is COCc1c(F)ccc(C2CNCCO2)c1OC. The van der Waals surface area contributed by atoms with Gasteiger partial charge in [0.15, 0.2) is 0 Å². The van der Waals surface area contributed by atoms with E-state index in [1.807, 2.05) is 0 Å². The molecule has 1 aliphatic heterocycles. The van der Waals surface area contributed by atoms with E-state index in [1.54, 1.807) is 6.07 Å². The molecule has 1 aromatic rings. The maximum absolute atomic E-state index is 13.8. The summed E-state index contributed by atoms with van der Waals surface area (Å²) >= 11 is 0. The van der Waals surface area contributed by atoms with Gasteiger partial charge in [-0.25, -0.2) is 4.39 Å². The number of hydrogen-bond acceptors (Lipinski definition) is 4. The first kappa shape index (κ1) is 13.3. The predicted octanol–water partition coefficient (Wildman–Crippen LogP) is 1.64. The number of morpholine rings is 1. The van der Waals surface area contributed by atoms with Crippen LogP contribution in [0.5, 0.6) is 5.75 Å². The summed E-state index contributed by atoms with van der Waals surface area (Å²) in [5.41, 5.74) is 1.30. The number of hydrogen-bond donors (Lipinski definition) is 1. The summed E-state index contributed by atoms with van der Waals surface area (Å²) in [5, 5.41) is 3.25. The number of ether oxygens (including phenoxy) is 3. The van der Waals surface area contributed by atoms with Crippen molar-refractivity contribution < 1.29 is 18.6 Å². The third kappa shape index (κ3) is 2.63. The van der Waals surface area contributed by atoms with Crippen LogP contribution in [0.2, 0.25) is 0 Å². The Balaban J connectivity index is 2.36. The Hall–Kier alpha value is -1.17. The van der Waals surface area contributed by atoms with Gasteiger partial charge in [-0.2, -0.15) is 0 Å². The first-order valence-electron chi connectivity index (χ1n) is 5.94. The van der Waals surface area contributed by atoms with Crippen LogP contribution in [0.25, 0.3) is 0 Å². The second-order valence-electron chi connectivity index (χ2n) is 4.14. The van der Waals surface area contributed by atoms with Gasteiger partial charge in [0.1, 0.15) is 11.6 Å². The fourth-order valence-corrected chi connectivity index (χ4v) is 2.16. The second-order valence-corrected chi connectivity index (χ2v) is 4.14. The summed E-state index contributed by atoms with van der Waals surface area (Å²) < 4.78 is 29.8. The third-order valence-electron chi connectivity index (χ3n) is 3.00. The van der Waals surface area contributed by atoms with Crippen LogP contribution >= 0.6 is 0 Å². The lowest BCUT2D eigenvalue weighted by Crippen LogP contribution is -2.33. The molecule has 100 valence electrons. The molecule has 1 N–H and O–H groups in total. The molecule has 0 saturated carbocycles. The molecule has 0 aromatic heterocycles. The molecule has 4 nitrogen and oxygen atoms in total. The predicted molar refractivity (Wildman–Crippen MR) is 65.2 cm³/mol. The van der Waals surface area contributed by atoms with Crippen LogP contribution in [0, 0.1) is 5.82 Å². The molecule has 1 saturated heterocycles. The van der Waals surface area contributed by atoms with Crippen molar-refractivity contribution in [3.63, 3.8) is 0 Å². The smallest absolute Gasteiger partial charge is 0.133 e. The molecule has 2 rings (SSSR count). The van der Waals surface area contributed by atoms with E-state index in [1.165, 1.54) is 20.3 Å². The van der Waals surface area contributed by atoms with Crippen LogP contribution < -0.4 is 10.1 Å². The molecule has 1 aromatic carbocycles. The zero-order valence-electron chi connectivity index (χ0n) is 10.7. The summed E-state index contributed by atoms with van der Waals surface area (Å²) in [4.78, 5) is 0. The largest absolute Gasteiger partial charge is 0.496 e. The molecule has 18 heavy (non-hydrogen) atoms. The van der Waals surface area contributed by atoms with Crippen molar-refractivity contribution in [1.29, 1.82) is 0 Å². The highest BCUT2D eigenvalue weighted by atomic mass is 19.1. The van der Waals surface area contributed by atoms with Gasteiger partial charge in [0.05, 0.1) is 32.0 Å². The Morgan fingerprint density at radius 3 is 2.89 bits per heavy atom. The molecule has 1 fully saturated rings. The third-order valence-corrected chi connectivity index (χ3v) is 3.00. The van der Waals surface area contributed by atoms with Crippen LogP contribution in [0.4, 0.5) is 4.39 Å². The van der Waals surface area contributed by atoms with Crippen molar-refractivity contribution in [2.45, 2.75) is 12.7 Å². The minimum absolute atomic E-state index is 0.107. The quantitative estimate of drug-likeness (QED) is 0.888. The molecule has 1 unspecified atom stereocenters.